The summed E-state index contributed by atoms with van der Waals surface area (Å²) in [6.07, 6.45) is 3.72. The Kier molecular flexibility index (Phi) is 7.25. The minimum absolute atomic E-state index is 0.00670. The van der Waals surface area contributed by atoms with Gasteiger partial charge in [0.05, 0.1) is 0 Å². The monoisotopic (exact) mass is 346 g/mol. The van der Waals surface area contributed by atoms with Crippen LogP contribution >= 0.6 is 0 Å². The van der Waals surface area contributed by atoms with Crippen molar-refractivity contribution in [3.05, 3.63) is 24.3 Å². The Balaban J connectivity index is 1.79. The predicted octanol–water partition coefficient (Wildman–Crippen LogP) is 2.25. The fraction of sp³-hybridized carbons (Fsp3) is 0.579. The van der Waals surface area contributed by atoms with Gasteiger partial charge in [-0.3, -0.25) is 9.59 Å². The number of carbonyl (C=O) groups is 2. The number of benzene rings is 1. The fourth-order valence-corrected chi connectivity index (χ4v) is 3.00. The van der Waals surface area contributed by atoms with Crippen LogP contribution in [0.5, 0.6) is 0 Å². The van der Waals surface area contributed by atoms with Crippen molar-refractivity contribution in [3.8, 4) is 0 Å². The maximum Gasteiger partial charge on any atom is 0.226 e. The van der Waals surface area contributed by atoms with Gasteiger partial charge in [-0.25, -0.2) is 0 Å². The second kappa shape index (κ2) is 9.42. The second-order valence-electron chi connectivity index (χ2n) is 6.98. The maximum absolute atomic E-state index is 12.2. The van der Waals surface area contributed by atoms with Gasteiger partial charge in [-0.15, -0.1) is 0 Å². The molecule has 0 aliphatic carbocycles. The minimum Gasteiger partial charge on any atom is -0.371 e. The van der Waals surface area contributed by atoms with Gasteiger partial charge in [0.25, 0.3) is 0 Å². The highest BCUT2D eigenvalue weighted by molar-refractivity contribution is 5.92. The molecule has 1 aliphatic rings. The lowest BCUT2D eigenvalue weighted by Gasteiger charge is -2.19. The smallest absolute Gasteiger partial charge is 0.226 e. The van der Waals surface area contributed by atoms with E-state index in [-0.39, 0.29) is 30.3 Å². The largest absolute Gasteiger partial charge is 0.371 e. The van der Waals surface area contributed by atoms with Gasteiger partial charge in [0.1, 0.15) is 0 Å². The molecule has 6 heteroatoms. The van der Waals surface area contributed by atoms with Gasteiger partial charge in [0.15, 0.2) is 0 Å². The molecule has 2 amide bonds. The topological polar surface area (TPSA) is 87.5 Å². The van der Waals surface area contributed by atoms with Gasteiger partial charge in [-0.2, -0.15) is 0 Å². The SMILES string of the molecule is CC(N)CCC(=O)NC(C)CC(=O)Nc1cccc(N2CCCC2)c1. The van der Waals surface area contributed by atoms with Crippen molar-refractivity contribution in [2.75, 3.05) is 23.3 Å². The third-order valence-electron chi connectivity index (χ3n) is 4.33. The first-order valence-electron chi connectivity index (χ1n) is 9.14. The van der Waals surface area contributed by atoms with Crippen LogP contribution in [0.1, 0.15) is 46.0 Å². The first-order valence-corrected chi connectivity index (χ1v) is 9.14. The Hall–Kier alpha value is -2.08. The first kappa shape index (κ1) is 19.2. The number of nitrogens with one attached hydrogen (secondary N) is 2. The average molecular weight is 346 g/mol. The summed E-state index contributed by atoms with van der Waals surface area (Å²) in [5, 5.41) is 5.77. The molecule has 1 saturated heterocycles. The predicted molar refractivity (Wildman–Crippen MR) is 102 cm³/mol. The lowest BCUT2D eigenvalue weighted by Crippen LogP contribution is -2.36. The van der Waals surface area contributed by atoms with Crippen LogP contribution in [-0.2, 0) is 9.59 Å². The molecule has 25 heavy (non-hydrogen) atoms. The van der Waals surface area contributed by atoms with Gasteiger partial charge in [-0.1, -0.05) is 6.07 Å². The summed E-state index contributed by atoms with van der Waals surface area (Å²) < 4.78 is 0. The number of amides is 2. The molecule has 0 radical (unpaired) electrons. The lowest BCUT2D eigenvalue weighted by molar-refractivity contribution is -0.122. The van der Waals surface area contributed by atoms with E-state index in [0.29, 0.717) is 12.8 Å². The van der Waals surface area contributed by atoms with Crippen LogP contribution in [0.2, 0.25) is 0 Å². The van der Waals surface area contributed by atoms with Crippen LogP contribution in [0, 0.1) is 0 Å². The summed E-state index contributed by atoms with van der Waals surface area (Å²) in [5.41, 5.74) is 7.59. The van der Waals surface area contributed by atoms with Crippen molar-refractivity contribution in [1.82, 2.24) is 5.32 Å². The zero-order valence-corrected chi connectivity index (χ0v) is 15.3. The number of anilines is 2. The molecular weight excluding hydrogens is 316 g/mol. The van der Waals surface area contributed by atoms with Crippen LogP contribution in [0.15, 0.2) is 24.3 Å². The van der Waals surface area contributed by atoms with E-state index in [1.807, 2.05) is 32.0 Å². The van der Waals surface area contributed by atoms with Crippen molar-refractivity contribution < 1.29 is 9.59 Å². The van der Waals surface area contributed by atoms with Gasteiger partial charge in [-0.05, 0) is 51.3 Å². The first-order chi connectivity index (χ1) is 11.9. The molecule has 6 nitrogen and oxygen atoms in total. The second-order valence-corrected chi connectivity index (χ2v) is 6.98. The molecule has 0 spiro atoms. The van der Waals surface area contributed by atoms with E-state index in [4.69, 9.17) is 5.73 Å². The van der Waals surface area contributed by atoms with Crippen LogP contribution < -0.4 is 21.3 Å². The molecule has 138 valence electrons. The van der Waals surface area contributed by atoms with E-state index in [1.54, 1.807) is 0 Å². The summed E-state index contributed by atoms with van der Waals surface area (Å²) in [6, 6.07) is 7.73. The number of rotatable bonds is 8. The molecule has 1 aromatic carbocycles. The fourth-order valence-electron chi connectivity index (χ4n) is 3.00. The van der Waals surface area contributed by atoms with Gasteiger partial charge in [0, 0.05) is 49.4 Å². The Bertz CT molecular complexity index is 583. The van der Waals surface area contributed by atoms with Crippen molar-refractivity contribution >= 4 is 23.2 Å². The number of nitrogens with two attached hydrogens (primary N) is 1. The van der Waals surface area contributed by atoms with Crippen molar-refractivity contribution in [2.24, 2.45) is 5.73 Å². The Labute approximate surface area is 150 Å². The molecule has 2 rings (SSSR count). The highest BCUT2D eigenvalue weighted by Crippen LogP contribution is 2.23. The van der Waals surface area contributed by atoms with E-state index >= 15 is 0 Å². The van der Waals surface area contributed by atoms with Crippen LogP contribution in [0.4, 0.5) is 11.4 Å². The van der Waals surface area contributed by atoms with E-state index in [2.05, 4.69) is 21.6 Å². The van der Waals surface area contributed by atoms with Gasteiger partial charge < -0.3 is 21.3 Å². The zero-order valence-electron chi connectivity index (χ0n) is 15.3. The van der Waals surface area contributed by atoms with Crippen molar-refractivity contribution in [2.45, 2.75) is 58.0 Å². The number of nitrogens with zero attached hydrogens (tertiary/aromatic N) is 1. The standard InChI is InChI=1S/C19H30N4O2/c1-14(20)8-9-18(24)21-15(2)12-19(25)22-16-6-5-7-17(13-16)23-10-3-4-11-23/h5-7,13-15H,3-4,8-12,20H2,1-2H3,(H,21,24)(H,22,25). The van der Waals surface area contributed by atoms with Gasteiger partial charge in [0.2, 0.25) is 11.8 Å². The maximum atomic E-state index is 12.2. The normalized spacial score (nSPS) is 16.4. The molecule has 2 unspecified atom stereocenters. The minimum atomic E-state index is -0.206. The third-order valence-corrected chi connectivity index (χ3v) is 4.33. The molecule has 2 atom stereocenters. The van der Waals surface area contributed by atoms with E-state index in [0.717, 1.165) is 24.5 Å². The van der Waals surface area contributed by atoms with Crippen LogP contribution in [0.3, 0.4) is 0 Å². The van der Waals surface area contributed by atoms with Crippen molar-refractivity contribution in [3.63, 3.8) is 0 Å². The number of hydrogen-bond acceptors (Lipinski definition) is 4. The molecule has 1 aliphatic heterocycles. The molecule has 0 bridgehead atoms. The summed E-state index contributed by atoms with van der Waals surface area (Å²) in [4.78, 5) is 26.3. The van der Waals surface area contributed by atoms with Crippen LogP contribution in [-0.4, -0.2) is 37.0 Å². The Morgan fingerprint density at radius 3 is 2.60 bits per heavy atom. The molecule has 0 saturated carbocycles. The van der Waals surface area contributed by atoms with Gasteiger partial charge >= 0.3 is 0 Å². The molecule has 1 heterocycles. The third kappa shape index (κ3) is 6.74. The Morgan fingerprint density at radius 1 is 1.20 bits per heavy atom. The summed E-state index contributed by atoms with van der Waals surface area (Å²) in [7, 11) is 0. The summed E-state index contributed by atoms with van der Waals surface area (Å²) in [6.45, 7) is 5.86. The highest BCUT2D eigenvalue weighted by atomic mass is 16.2. The van der Waals surface area contributed by atoms with E-state index < -0.39 is 0 Å². The highest BCUT2D eigenvalue weighted by Gasteiger charge is 2.15. The number of hydrogen-bond donors (Lipinski definition) is 3. The summed E-state index contributed by atoms with van der Waals surface area (Å²) >= 11 is 0. The van der Waals surface area contributed by atoms with E-state index in [9.17, 15) is 9.59 Å². The molecule has 1 aromatic rings. The number of carbonyl (C=O) groups excluding carboxylic acids is 2. The quantitative estimate of drug-likeness (QED) is 0.674. The zero-order chi connectivity index (χ0) is 18.2. The lowest BCUT2D eigenvalue weighted by atomic mass is 10.1. The summed E-state index contributed by atoms with van der Waals surface area (Å²) in [5.74, 6) is -0.160. The Morgan fingerprint density at radius 2 is 1.92 bits per heavy atom. The molecule has 0 aromatic heterocycles. The molecule has 1 fully saturated rings. The molecular formula is C19H30N4O2. The van der Waals surface area contributed by atoms with E-state index in [1.165, 1.54) is 12.8 Å². The molecule has 4 N–H and O–H groups in total. The van der Waals surface area contributed by atoms with Crippen LogP contribution in [0.25, 0.3) is 0 Å². The average Bonchev–Trinajstić information content (AvgIpc) is 3.07. The van der Waals surface area contributed by atoms with Crippen molar-refractivity contribution in [1.29, 1.82) is 0 Å².